The van der Waals surface area contributed by atoms with Gasteiger partial charge >= 0.3 is 5.97 Å². The van der Waals surface area contributed by atoms with Crippen molar-refractivity contribution in [3.8, 4) is 0 Å². The van der Waals surface area contributed by atoms with Gasteiger partial charge in [-0.1, -0.05) is 30.8 Å². The lowest BCUT2D eigenvalue weighted by Gasteiger charge is -2.04. The maximum Gasteiger partial charge on any atom is 0.373 e. The van der Waals surface area contributed by atoms with Crippen LogP contribution in [0.4, 0.5) is 5.82 Å². The minimum Gasteiger partial charge on any atom is -0.381 e. The molecule has 0 unspecified atom stereocenters. The molecule has 0 spiro atoms. The zero-order valence-corrected chi connectivity index (χ0v) is 16.4. The van der Waals surface area contributed by atoms with Crippen molar-refractivity contribution in [2.24, 2.45) is 0 Å². The van der Waals surface area contributed by atoms with Crippen LogP contribution in [0.25, 0.3) is 17.8 Å². The first-order valence-corrected chi connectivity index (χ1v) is 8.76. The average Bonchev–Trinajstić information content (AvgIpc) is 3.17. The van der Waals surface area contributed by atoms with Crippen molar-refractivity contribution in [1.82, 2.24) is 29.8 Å². The summed E-state index contributed by atoms with van der Waals surface area (Å²) in [6.45, 7) is 7.69. The normalized spacial score (nSPS) is 11.1. The number of carbonyl (C=O) groups is 1. The van der Waals surface area contributed by atoms with Gasteiger partial charge in [0.1, 0.15) is 11.4 Å². The first kappa shape index (κ1) is 20.2. The molecule has 0 saturated carbocycles. The van der Waals surface area contributed by atoms with Gasteiger partial charge in [-0.3, -0.25) is 0 Å². The quantitative estimate of drug-likeness (QED) is 0.522. The molecule has 27 heavy (non-hydrogen) atoms. The van der Waals surface area contributed by atoms with E-state index in [1.165, 1.54) is 10.7 Å². The number of carbonyl (C=O) groups excluding carboxylic acids is 1. The molecule has 0 fully saturated rings. The predicted octanol–water partition coefficient (Wildman–Crippen LogP) is 2.55. The summed E-state index contributed by atoms with van der Waals surface area (Å²) in [5.74, 6) is -0.743. The fraction of sp³-hybridized carbons (Fsp3) is 0.235. The molecule has 3 heterocycles. The number of hydrogen-bond acceptors (Lipinski definition) is 8. The number of nitrogens with two attached hydrogens (primary N) is 1. The van der Waals surface area contributed by atoms with Gasteiger partial charge in [0.05, 0.1) is 0 Å². The third-order valence-corrected chi connectivity index (χ3v) is 3.44. The number of nitrogen functional groups attached to an aromatic ring is 1. The summed E-state index contributed by atoms with van der Waals surface area (Å²) in [7, 11) is 0. The van der Waals surface area contributed by atoms with Crippen molar-refractivity contribution >= 4 is 42.2 Å². The summed E-state index contributed by atoms with van der Waals surface area (Å²) in [6, 6.07) is 0. The number of anilines is 1. The number of nitrogens with zero attached hydrogens (tertiary/aromatic N) is 6. The Hall–Kier alpha value is -3.14. The molecule has 3 rings (SSSR count). The van der Waals surface area contributed by atoms with E-state index in [0.717, 1.165) is 4.85 Å². The molecule has 0 atom stereocenters. The minimum atomic E-state index is -0.741. The van der Waals surface area contributed by atoms with E-state index in [4.69, 9.17) is 10.6 Å². The van der Waals surface area contributed by atoms with Gasteiger partial charge in [0, 0.05) is 17.3 Å². The SMILES string of the molecule is C/C=C\c1nnn(OC(=O)c2c(N)nn3cc(S)cnc23)c1/C=C\C.CC. The maximum atomic E-state index is 12.6. The topological polar surface area (TPSA) is 113 Å². The standard InChI is InChI=1S/C15H15N7O2S.C2H6/c1-3-5-10-11(6-4-2)22(20-18-10)24-15(23)12-13(16)19-21-8-9(25)7-17-14(12)21;1-2/h3-8,25H,1-2H3,(H2,16,19);1-2H3/b5-3-,6-4-;. The number of thiol groups is 1. The zero-order valence-electron chi connectivity index (χ0n) is 15.5. The second-order valence-corrected chi connectivity index (χ2v) is 5.47. The highest BCUT2D eigenvalue weighted by Crippen LogP contribution is 2.18. The van der Waals surface area contributed by atoms with Gasteiger partial charge in [-0.25, -0.2) is 14.3 Å². The molecule has 0 radical (unpaired) electrons. The molecular formula is C17H21N7O2S. The van der Waals surface area contributed by atoms with E-state index in [1.807, 2.05) is 33.8 Å². The summed E-state index contributed by atoms with van der Waals surface area (Å²) < 4.78 is 1.37. The molecule has 142 valence electrons. The van der Waals surface area contributed by atoms with E-state index in [2.05, 4.69) is 33.0 Å². The summed E-state index contributed by atoms with van der Waals surface area (Å²) in [6.07, 6.45) is 10.2. The first-order chi connectivity index (χ1) is 13.0. The van der Waals surface area contributed by atoms with E-state index >= 15 is 0 Å². The number of fused-ring (bicyclic) bond motifs is 1. The molecule has 0 bridgehead atoms. The number of aromatic nitrogens is 6. The highest BCUT2D eigenvalue weighted by molar-refractivity contribution is 7.80. The van der Waals surface area contributed by atoms with Gasteiger partial charge in [-0.2, -0.15) is 0 Å². The summed E-state index contributed by atoms with van der Waals surface area (Å²) in [5.41, 5.74) is 7.24. The average molecular weight is 387 g/mol. The Morgan fingerprint density at radius 2 is 1.96 bits per heavy atom. The molecule has 0 amide bonds. The second-order valence-electron chi connectivity index (χ2n) is 4.95. The van der Waals surface area contributed by atoms with Crippen molar-refractivity contribution in [2.45, 2.75) is 32.6 Å². The Kier molecular flexibility index (Phi) is 6.72. The Morgan fingerprint density at radius 1 is 1.26 bits per heavy atom. The fourth-order valence-corrected chi connectivity index (χ4v) is 2.37. The molecule has 0 aliphatic carbocycles. The summed E-state index contributed by atoms with van der Waals surface area (Å²) in [5, 5.41) is 11.9. The first-order valence-electron chi connectivity index (χ1n) is 8.31. The molecule has 10 heteroatoms. The molecule has 3 aromatic rings. The van der Waals surface area contributed by atoms with Crippen LogP contribution < -0.4 is 10.6 Å². The number of allylic oxidation sites excluding steroid dienone is 2. The van der Waals surface area contributed by atoms with Crippen LogP contribution in [0.1, 0.15) is 49.4 Å². The highest BCUT2D eigenvalue weighted by Gasteiger charge is 2.23. The van der Waals surface area contributed by atoms with E-state index in [-0.39, 0.29) is 17.0 Å². The van der Waals surface area contributed by atoms with Crippen LogP contribution in [0.3, 0.4) is 0 Å². The van der Waals surface area contributed by atoms with E-state index in [9.17, 15) is 4.79 Å². The minimum absolute atomic E-state index is 0.00203. The number of hydrogen-bond donors (Lipinski definition) is 2. The molecule has 0 aliphatic heterocycles. The van der Waals surface area contributed by atoms with Crippen LogP contribution in [-0.2, 0) is 0 Å². The van der Waals surface area contributed by atoms with Gasteiger partial charge in [0.15, 0.2) is 17.0 Å². The maximum absolute atomic E-state index is 12.6. The van der Waals surface area contributed by atoms with Crippen molar-refractivity contribution in [3.05, 3.63) is 41.5 Å². The van der Waals surface area contributed by atoms with Gasteiger partial charge in [0.2, 0.25) is 0 Å². The lowest BCUT2D eigenvalue weighted by molar-refractivity contribution is 0.0383. The van der Waals surface area contributed by atoms with E-state index in [0.29, 0.717) is 16.3 Å². The van der Waals surface area contributed by atoms with Crippen molar-refractivity contribution in [2.75, 3.05) is 5.73 Å². The lowest BCUT2D eigenvalue weighted by atomic mass is 10.3. The summed E-state index contributed by atoms with van der Waals surface area (Å²) in [4.78, 5) is 23.6. The Bertz CT molecular complexity index is 1000. The van der Waals surface area contributed by atoms with Crippen LogP contribution in [0.15, 0.2) is 29.4 Å². The number of rotatable bonds is 4. The monoisotopic (exact) mass is 387 g/mol. The molecule has 0 aliphatic rings. The van der Waals surface area contributed by atoms with Gasteiger partial charge < -0.3 is 10.6 Å². The van der Waals surface area contributed by atoms with Gasteiger partial charge in [-0.05, 0) is 31.2 Å². The van der Waals surface area contributed by atoms with Crippen LogP contribution in [-0.4, -0.2) is 35.7 Å². The van der Waals surface area contributed by atoms with Crippen LogP contribution in [0.5, 0.6) is 0 Å². The largest absolute Gasteiger partial charge is 0.381 e. The van der Waals surface area contributed by atoms with Crippen LogP contribution in [0.2, 0.25) is 0 Å². The third kappa shape index (κ3) is 4.17. The second kappa shape index (κ2) is 8.99. The lowest BCUT2D eigenvalue weighted by Crippen LogP contribution is -2.23. The summed E-state index contributed by atoms with van der Waals surface area (Å²) >= 11 is 4.18. The zero-order chi connectivity index (χ0) is 20.0. The smallest absolute Gasteiger partial charge is 0.373 e. The van der Waals surface area contributed by atoms with Gasteiger partial charge in [0.25, 0.3) is 0 Å². The van der Waals surface area contributed by atoms with Gasteiger partial charge in [-0.15, -0.1) is 22.8 Å². The van der Waals surface area contributed by atoms with Crippen LogP contribution in [0, 0.1) is 0 Å². The molecule has 3 aromatic heterocycles. The van der Waals surface area contributed by atoms with Crippen molar-refractivity contribution in [1.29, 1.82) is 0 Å². The van der Waals surface area contributed by atoms with E-state index < -0.39 is 5.97 Å². The molecule has 9 nitrogen and oxygen atoms in total. The third-order valence-electron chi connectivity index (χ3n) is 3.21. The molecule has 2 N–H and O–H groups in total. The molecular weight excluding hydrogens is 366 g/mol. The Labute approximate surface area is 161 Å². The Balaban J connectivity index is 0.00000126. The highest BCUT2D eigenvalue weighted by atomic mass is 32.1. The van der Waals surface area contributed by atoms with Crippen LogP contribution >= 0.6 is 12.6 Å². The molecule has 0 saturated heterocycles. The van der Waals surface area contributed by atoms with E-state index in [1.54, 1.807) is 24.4 Å². The van der Waals surface area contributed by atoms with Crippen molar-refractivity contribution in [3.63, 3.8) is 0 Å². The fourth-order valence-electron chi connectivity index (χ4n) is 2.20. The molecule has 0 aromatic carbocycles. The predicted molar refractivity (Wildman–Crippen MR) is 106 cm³/mol. The Morgan fingerprint density at radius 3 is 2.63 bits per heavy atom. The van der Waals surface area contributed by atoms with Crippen molar-refractivity contribution < 1.29 is 9.63 Å².